The molecule has 3 aromatic rings. The van der Waals surface area contributed by atoms with Crippen LogP contribution in [0.5, 0.6) is 11.5 Å². The van der Waals surface area contributed by atoms with Crippen LogP contribution in [0.4, 0.5) is 10.7 Å². The molecule has 1 amide bonds. The number of carbonyl (C=O) groups excluding carboxylic acids is 2. The van der Waals surface area contributed by atoms with Gasteiger partial charge in [0.15, 0.2) is 11.5 Å². The molecule has 34 heavy (non-hydrogen) atoms. The van der Waals surface area contributed by atoms with Gasteiger partial charge in [-0.25, -0.2) is 4.79 Å². The molecule has 1 aliphatic rings. The molecule has 0 radical (unpaired) electrons. The number of benzene rings is 2. The van der Waals surface area contributed by atoms with Crippen molar-refractivity contribution in [2.75, 3.05) is 30.6 Å². The van der Waals surface area contributed by atoms with E-state index in [1.165, 1.54) is 11.3 Å². The molecule has 0 saturated heterocycles. The van der Waals surface area contributed by atoms with Crippen LogP contribution in [0.25, 0.3) is 0 Å². The van der Waals surface area contributed by atoms with E-state index in [1.54, 1.807) is 6.92 Å². The molecule has 0 saturated carbocycles. The smallest absolute Gasteiger partial charge is 0.341 e. The molecule has 1 aromatic heterocycles. The van der Waals surface area contributed by atoms with Crippen LogP contribution in [-0.4, -0.2) is 31.8 Å². The van der Waals surface area contributed by atoms with Crippen molar-refractivity contribution in [3.8, 4) is 11.5 Å². The van der Waals surface area contributed by atoms with E-state index >= 15 is 0 Å². The second kappa shape index (κ2) is 10.2. The van der Waals surface area contributed by atoms with E-state index in [0.29, 0.717) is 22.7 Å². The maximum absolute atomic E-state index is 12.8. The largest absolute Gasteiger partial charge is 0.462 e. The Balaban J connectivity index is 1.53. The molecule has 1 aliphatic heterocycles. The minimum atomic E-state index is -0.439. The SMILES string of the molecule is CCOC(=O)c1c(NC(=O)CNc2cc(C)ccc2C)sc(Cc2ccc3c(c2)OCO3)c1C. The van der Waals surface area contributed by atoms with Crippen molar-refractivity contribution in [3.63, 3.8) is 0 Å². The van der Waals surface area contributed by atoms with Gasteiger partial charge in [0.2, 0.25) is 12.7 Å². The number of amides is 1. The summed E-state index contributed by atoms with van der Waals surface area (Å²) < 4.78 is 16.1. The monoisotopic (exact) mass is 480 g/mol. The van der Waals surface area contributed by atoms with E-state index in [0.717, 1.165) is 38.6 Å². The average molecular weight is 481 g/mol. The van der Waals surface area contributed by atoms with Gasteiger partial charge in [-0.2, -0.15) is 0 Å². The van der Waals surface area contributed by atoms with Crippen LogP contribution >= 0.6 is 11.3 Å². The Morgan fingerprint density at radius 1 is 1.06 bits per heavy atom. The number of aryl methyl sites for hydroxylation is 2. The zero-order valence-corrected chi connectivity index (χ0v) is 20.6. The normalized spacial score (nSPS) is 11.9. The fraction of sp³-hybridized carbons (Fsp3) is 0.308. The number of ether oxygens (including phenoxy) is 3. The number of hydrogen-bond donors (Lipinski definition) is 2. The number of fused-ring (bicyclic) bond motifs is 1. The van der Waals surface area contributed by atoms with Crippen molar-refractivity contribution in [1.29, 1.82) is 0 Å². The fourth-order valence-electron chi connectivity index (χ4n) is 3.78. The Hall–Kier alpha value is -3.52. The van der Waals surface area contributed by atoms with Crippen LogP contribution in [0.2, 0.25) is 0 Å². The lowest BCUT2D eigenvalue weighted by molar-refractivity contribution is -0.114. The van der Waals surface area contributed by atoms with Gasteiger partial charge in [-0.15, -0.1) is 11.3 Å². The molecule has 8 heteroatoms. The minimum absolute atomic E-state index is 0.0843. The van der Waals surface area contributed by atoms with Crippen LogP contribution in [0, 0.1) is 20.8 Å². The van der Waals surface area contributed by atoms with Crippen molar-refractivity contribution in [3.05, 3.63) is 69.1 Å². The topological polar surface area (TPSA) is 85.9 Å². The molecule has 0 atom stereocenters. The fourth-order valence-corrected chi connectivity index (χ4v) is 5.02. The summed E-state index contributed by atoms with van der Waals surface area (Å²) in [7, 11) is 0. The lowest BCUT2D eigenvalue weighted by Crippen LogP contribution is -2.23. The molecular formula is C26H28N2O5S. The van der Waals surface area contributed by atoms with Gasteiger partial charge in [-0.05, 0) is 68.1 Å². The Bertz CT molecular complexity index is 1230. The van der Waals surface area contributed by atoms with Gasteiger partial charge in [-0.1, -0.05) is 18.2 Å². The number of thiophene rings is 1. The Morgan fingerprint density at radius 3 is 2.65 bits per heavy atom. The first-order valence-electron chi connectivity index (χ1n) is 11.1. The average Bonchev–Trinajstić information content (AvgIpc) is 3.38. The number of anilines is 2. The summed E-state index contributed by atoms with van der Waals surface area (Å²) in [5.74, 6) is 0.764. The van der Waals surface area contributed by atoms with Crippen LogP contribution in [0.3, 0.4) is 0 Å². The number of nitrogens with one attached hydrogen (secondary N) is 2. The van der Waals surface area contributed by atoms with E-state index in [1.807, 2.05) is 57.2 Å². The highest BCUT2D eigenvalue weighted by Crippen LogP contribution is 2.37. The molecule has 0 spiro atoms. The number of rotatable bonds is 8. The third-order valence-corrected chi connectivity index (χ3v) is 6.82. The first kappa shape index (κ1) is 23.6. The van der Waals surface area contributed by atoms with E-state index in [9.17, 15) is 9.59 Å². The molecule has 0 unspecified atom stereocenters. The van der Waals surface area contributed by atoms with Crippen LogP contribution in [0.1, 0.15) is 44.4 Å². The molecule has 0 aliphatic carbocycles. The Morgan fingerprint density at radius 2 is 1.85 bits per heavy atom. The quantitative estimate of drug-likeness (QED) is 0.430. The minimum Gasteiger partial charge on any atom is -0.462 e. The third kappa shape index (κ3) is 5.17. The summed E-state index contributed by atoms with van der Waals surface area (Å²) in [6.07, 6.45) is 0.593. The summed E-state index contributed by atoms with van der Waals surface area (Å²) >= 11 is 1.39. The number of hydrogen-bond acceptors (Lipinski definition) is 7. The maximum Gasteiger partial charge on any atom is 0.341 e. The second-order valence-electron chi connectivity index (χ2n) is 8.16. The zero-order valence-electron chi connectivity index (χ0n) is 19.7. The van der Waals surface area contributed by atoms with Crippen molar-refractivity contribution in [2.45, 2.75) is 34.1 Å². The Labute approximate surface area is 203 Å². The third-order valence-electron chi connectivity index (χ3n) is 5.61. The Kier molecular flexibility index (Phi) is 7.07. The highest BCUT2D eigenvalue weighted by atomic mass is 32.1. The van der Waals surface area contributed by atoms with E-state index in [-0.39, 0.29) is 25.9 Å². The summed E-state index contributed by atoms with van der Waals surface area (Å²) in [6.45, 7) is 8.20. The number of carbonyl (C=O) groups is 2. The van der Waals surface area contributed by atoms with Crippen molar-refractivity contribution in [1.82, 2.24) is 0 Å². The number of esters is 1. The molecule has 178 valence electrons. The first-order valence-corrected chi connectivity index (χ1v) is 12.0. The molecule has 7 nitrogen and oxygen atoms in total. The second-order valence-corrected chi connectivity index (χ2v) is 9.26. The molecular weight excluding hydrogens is 452 g/mol. The van der Waals surface area contributed by atoms with Crippen LogP contribution < -0.4 is 20.1 Å². The van der Waals surface area contributed by atoms with Crippen molar-refractivity contribution < 1.29 is 23.8 Å². The van der Waals surface area contributed by atoms with Gasteiger partial charge in [0, 0.05) is 17.0 Å². The lowest BCUT2D eigenvalue weighted by atomic mass is 10.1. The first-order chi connectivity index (χ1) is 16.4. The van der Waals surface area contributed by atoms with Crippen molar-refractivity contribution >= 4 is 33.9 Å². The van der Waals surface area contributed by atoms with Gasteiger partial charge in [0.05, 0.1) is 18.7 Å². The van der Waals surface area contributed by atoms with Gasteiger partial charge < -0.3 is 24.8 Å². The highest BCUT2D eigenvalue weighted by molar-refractivity contribution is 7.17. The summed E-state index contributed by atoms with van der Waals surface area (Å²) in [6, 6.07) is 11.8. The van der Waals surface area contributed by atoms with Crippen LogP contribution in [-0.2, 0) is 16.0 Å². The maximum atomic E-state index is 12.8. The standard InChI is InChI=1S/C26H28N2O5S/c1-5-31-26(30)24-17(4)22(12-18-8-9-20-21(11-18)33-14-32-20)34-25(24)28-23(29)13-27-19-10-15(2)6-7-16(19)3/h6-11,27H,5,12-14H2,1-4H3,(H,28,29). The summed E-state index contributed by atoms with van der Waals surface area (Å²) in [5, 5.41) is 6.60. The van der Waals surface area contributed by atoms with Gasteiger partial charge in [0.1, 0.15) is 5.00 Å². The molecule has 0 fully saturated rings. The molecule has 4 rings (SSSR count). The van der Waals surface area contributed by atoms with Gasteiger partial charge >= 0.3 is 5.97 Å². The van der Waals surface area contributed by atoms with Gasteiger partial charge in [-0.3, -0.25) is 4.79 Å². The summed E-state index contributed by atoms with van der Waals surface area (Å²) in [4.78, 5) is 26.5. The highest BCUT2D eigenvalue weighted by Gasteiger charge is 2.24. The van der Waals surface area contributed by atoms with Gasteiger partial charge in [0.25, 0.3) is 0 Å². The predicted molar refractivity (Wildman–Crippen MR) is 133 cm³/mol. The van der Waals surface area contributed by atoms with Crippen molar-refractivity contribution in [2.24, 2.45) is 0 Å². The molecule has 2 aromatic carbocycles. The lowest BCUT2D eigenvalue weighted by Gasteiger charge is -2.11. The molecule has 2 N–H and O–H groups in total. The van der Waals surface area contributed by atoms with E-state index in [2.05, 4.69) is 10.6 Å². The predicted octanol–water partition coefficient (Wildman–Crippen LogP) is 5.22. The zero-order chi connectivity index (χ0) is 24.2. The van der Waals surface area contributed by atoms with E-state index < -0.39 is 5.97 Å². The molecule has 0 bridgehead atoms. The van der Waals surface area contributed by atoms with E-state index in [4.69, 9.17) is 14.2 Å². The van der Waals surface area contributed by atoms with Crippen LogP contribution in [0.15, 0.2) is 36.4 Å². The molecule has 2 heterocycles. The summed E-state index contributed by atoms with van der Waals surface area (Å²) in [5.41, 5.74) is 5.32.